The Morgan fingerprint density at radius 2 is 1.77 bits per heavy atom. The molecule has 9 nitrogen and oxygen atoms in total. The second-order valence-electron chi connectivity index (χ2n) is 10.0. The lowest BCUT2D eigenvalue weighted by atomic mass is 9.84. The molecule has 0 bridgehead atoms. The van der Waals surface area contributed by atoms with Crippen molar-refractivity contribution in [1.29, 1.82) is 0 Å². The zero-order valence-corrected chi connectivity index (χ0v) is 24.1. The first-order valence-electron chi connectivity index (χ1n) is 13.7. The molecule has 1 saturated carbocycles. The fraction of sp³-hybridized carbons (Fsp3) is 0.379. The average molecular weight is 641 g/mol. The van der Waals surface area contributed by atoms with Gasteiger partial charge in [0.2, 0.25) is 5.91 Å². The molecule has 236 valence electrons. The first kappa shape index (κ1) is 32.9. The standard InChI is InChI=1S/C27H28F2N4O3S.C2HF3O2/c28-20-10-9-19(15-21(20)29)36-14-12-30-16-23(34)32-13-11-22-24(27(32)37)26(35)33(18-7-2-1-3-8-18)25(31-22)17-5-4-6-17;3-2(4,5)1(6)7/h1-3,7-10,15,17,27,30,37H,4-6,11-14,16H2;(H,6,7). The van der Waals surface area contributed by atoms with Gasteiger partial charge < -0.3 is 20.1 Å². The molecule has 1 aliphatic carbocycles. The van der Waals surface area contributed by atoms with E-state index in [1.165, 1.54) is 6.07 Å². The van der Waals surface area contributed by atoms with E-state index in [9.17, 15) is 31.5 Å². The van der Waals surface area contributed by atoms with Crippen LogP contribution in [0.5, 0.6) is 5.75 Å². The minimum absolute atomic E-state index is 0.0218. The van der Waals surface area contributed by atoms with Gasteiger partial charge in [-0.15, -0.1) is 12.6 Å². The predicted molar refractivity (Wildman–Crippen MR) is 152 cm³/mol. The minimum Gasteiger partial charge on any atom is -0.492 e. The van der Waals surface area contributed by atoms with Crippen LogP contribution in [0.4, 0.5) is 22.0 Å². The SMILES string of the molecule is O=C(CNCCOc1ccc(F)c(F)c1)N1CCc2nc(C3CCC3)n(-c3ccccc3)c(=O)c2C1S.O=C(O)C(F)(F)F. The highest BCUT2D eigenvalue weighted by molar-refractivity contribution is 7.80. The summed E-state index contributed by atoms with van der Waals surface area (Å²) >= 11 is 4.69. The quantitative estimate of drug-likeness (QED) is 0.190. The number of nitrogens with zero attached hydrogens (tertiary/aromatic N) is 3. The number of ether oxygens (including phenoxy) is 1. The molecular weight excluding hydrogens is 611 g/mol. The third-order valence-electron chi connectivity index (χ3n) is 7.13. The molecule has 1 atom stereocenters. The number of para-hydroxylation sites is 1. The number of fused-ring (bicyclic) bond motifs is 1. The average Bonchev–Trinajstić information content (AvgIpc) is 2.94. The number of rotatable bonds is 8. The maximum Gasteiger partial charge on any atom is 0.490 e. The number of aromatic nitrogens is 2. The zero-order valence-electron chi connectivity index (χ0n) is 23.2. The molecule has 1 aliphatic heterocycles. The largest absolute Gasteiger partial charge is 0.492 e. The first-order chi connectivity index (χ1) is 20.9. The molecule has 1 unspecified atom stereocenters. The van der Waals surface area contributed by atoms with Crippen LogP contribution in [-0.4, -0.2) is 63.9 Å². The minimum atomic E-state index is -5.08. The van der Waals surface area contributed by atoms with E-state index in [-0.39, 0.29) is 36.3 Å². The Labute approximate surface area is 254 Å². The Balaban J connectivity index is 0.000000566. The van der Waals surface area contributed by atoms with Crippen molar-refractivity contribution in [3.8, 4) is 11.4 Å². The molecule has 2 aromatic carbocycles. The molecule has 2 heterocycles. The van der Waals surface area contributed by atoms with Crippen LogP contribution in [0.3, 0.4) is 0 Å². The number of carboxylic acid groups (broad SMARTS) is 1. The number of nitrogens with one attached hydrogen (secondary N) is 1. The maximum atomic E-state index is 13.8. The molecule has 2 aliphatic rings. The van der Waals surface area contributed by atoms with Gasteiger partial charge in [-0.1, -0.05) is 24.6 Å². The van der Waals surface area contributed by atoms with Crippen molar-refractivity contribution in [1.82, 2.24) is 19.8 Å². The normalized spacial score (nSPS) is 16.3. The molecule has 15 heteroatoms. The molecule has 1 fully saturated rings. The van der Waals surface area contributed by atoms with Crippen molar-refractivity contribution in [2.45, 2.75) is 43.2 Å². The Morgan fingerprint density at radius 1 is 1.09 bits per heavy atom. The fourth-order valence-electron chi connectivity index (χ4n) is 4.68. The number of thiol groups is 1. The number of halogens is 5. The lowest BCUT2D eigenvalue weighted by Gasteiger charge is -2.35. The van der Waals surface area contributed by atoms with Crippen molar-refractivity contribution < 1.29 is 41.4 Å². The number of benzene rings is 2. The zero-order chi connectivity index (χ0) is 32.0. The first-order valence-corrected chi connectivity index (χ1v) is 14.2. The van der Waals surface area contributed by atoms with Gasteiger partial charge in [-0.2, -0.15) is 13.2 Å². The predicted octanol–water partition coefficient (Wildman–Crippen LogP) is 4.39. The van der Waals surface area contributed by atoms with Crippen LogP contribution < -0.4 is 15.6 Å². The molecule has 1 amide bonds. The highest BCUT2D eigenvalue weighted by Gasteiger charge is 2.38. The number of hydrogen-bond acceptors (Lipinski definition) is 7. The Morgan fingerprint density at radius 3 is 2.36 bits per heavy atom. The number of hydrogen-bond donors (Lipinski definition) is 3. The molecule has 5 rings (SSSR count). The van der Waals surface area contributed by atoms with Gasteiger partial charge in [0.25, 0.3) is 5.56 Å². The summed E-state index contributed by atoms with van der Waals surface area (Å²) in [5.41, 5.74) is 1.74. The second-order valence-corrected chi connectivity index (χ2v) is 10.5. The molecule has 0 radical (unpaired) electrons. The van der Waals surface area contributed by atoms with Gasteiger partial charge in [-0.05, 0) is 37.1 Å². The van der Waals surface area contributed by atoms with Gasteiger partial charge in [-0.25, -0.2) is 18.6 Å². The lowest BCUT2D eigenvalue weighted by molar-refractivity contribution is -0.192. The summed E-state index contributed by atoms with van der Waals surface area (Å²) in [5, 5.41) is 9.42. The van der Waals surface area contributed by atoms with E-state index in [0.717, 1.165) is 48.6 Å². The Kier molecular flexibility index (Phi) is 10.6. The Hall–Kier alpha value is -3.98. The van der Waals surface area contributed by atoms with Gasteiger partial charge in [0, 0.05) is 31.5 Å². The monoisotopic (exact) mass is 640 g/mol. The number of amides is 1. The second kappa shape index (κ2) is 14.2. The highest BCUT2D eigenvalue weighted by Crippen LogP contribution is 2.37. The van der Waals surface area contributed by atoms with E-state index in [4.69, 9.17) is 19.6 Å². The number of carbonyl (C=O) groups excluding carboxylic acids is 1. The van der Waals surface area contributed by atoms with Crippen LogP contribution >= 0.6 is 12.6 Å². The van der Waals surface area contributed by atoms with Crippen LogP contribution in [0, 0.1) is 11.6 Å². The molecular formula is C29H29F5N4O5S. The number of carbonyl (C=O) groups is 2. The molecule has 0 spiro atoms. The van der Waals surface area contributed by atoms with Crippen LogP contribution in [0.2, 0.25) is 0 Å². The van der Waals surface area contributed by atoms with Crippen molar-refractivity contribution in [2.24, 2.45) is 0 Å². The van der Waals surface area contributed by atoms with Crippen molar-refractivity contribution in [2.75, 3.05) is 26.2 Å². The molecule has 44 heavy (non-hydrogen) atoms. The summed E-state index contributed by atoms with van der Waals surface area (Å²) in [7, 11) is 0. The Bertz CT molecular complexity index is 1550. The van der Waals surface area contributed by atoms with Crippen LogP contribution in [-0.2, 0) is 16.0 Å². The third-order valence-corrected chi connectivity index (χ3v) is 7.67. The molecule has 2 N–H and O–H groups in total. The van der Waals surface area contributed by atoms with Gasteiger partial charge in [0.15, 0.2) is 11.6 Å². The van der Waals surface area contributed by atoms with Crippen LogP contribution in [0.15, 0.2) is 53.3 Å². The van der Waals surface area contributed by atoms with E-state index in [1.54, 1.807) is 9.47 Å². The number of carboxylic acids is 1. The maximum absolute atomic E-state index is 13.8. The van der Waals surface area contributed by atoms with Crippen LogP contribution in [0.25, 0.3) is 5.69 Å². The lowest BCUT2D eigenvalue weighted by Crippen LogP contribution is -2.46. The van der Waals surface area contributed by atoms with E-state index < -0.39 is 29.2 Å². The van der Waals surface area contributed by atoms with Gasteiger partial charge >= 0.3 is 12.1 Å². The third kappa shape index (κ3) is 7.75. The van der Waals surface area contributed by atoms with Crippen LogP contribution in [0.1, 0.15) is 47.6 Å². The summed E-state index contributed by atoms with van der Waals surface area (Å²) in [6.45, 7) is 0.924. The smallest absolute Gasteiger partial charge is 0.490 e. The summed E-state index contributed by atoms with van der Waals surface area (Å²) < 4.78 is 65.1. The van der Waals surface area contributed by atoms with E-state index in [0.29, 0.717) is 25.1 Å². The van der Waals surface area contributed by atoms with Gasteiger partial charge in [-0.3, -0.25) is 14.2 Å². The molecule has 3 aromatic rings. The van der Waals surface area contributed by atoms with Gasteiger partial charge in [0.05, 0.1) is 23.5 Å². The van der Waals surface area contributed by atoms with Crippen molar-refractivity contribution in [3.63, 3.8) is 0 Å². The summed E-state index contributed by atoms with van der Waals surface area (Å²) in [6.07, 6.45) is -1.44. The number of aliphatic carboxylic acids is 1. The van der Waals surface area contributed by atoms with E-state index in [2.05, 4.69) is 17.9 Å². The highest BCUT2D eigenvalue weighted by atomic mass is 32.1. The van der Waals surface area contributed by atoms with E-state index in [1.807, 2.05) is 30.3 Å². The summed E-state index contributed by atoms with van der Waals surface area (Å²) in [5.74, 6) is -3.62. The summed E-state index contributed by atoms with van der Waals surface area (Å²) in [4.78, 5) is 42.2. The summed E-state index contributed by atoms with van der Waals surface area (Å²) in [6, 6.07) is 12.8. The van der Waals surface area contributed by atoms with E-state index >= 15 is 0 Å². The fourth-order valence-corrected chi connectivity index (χ4v) is 5.19. The van der Waals surface area contributed by atoms with Crippen molar-refractivity contribution in [3.05, 3.63) is 87.6 Å². The molecule has 0 saturated heterocycles. The van der Waals surface area contributed by atoms with Crippen molar-refractivity contribution >= 4 is 24.5 Å². The topological polar surface area (TPSA) is 114 Å². The molecule has 1 aromatic heterocycles. The number of alkyl halides is 3. The van der Waals surface area contributed by atoms with Gasteiger partial charge in [0.1, 0.15) is 23.6 Å².